The summed E-state index contributed by atoms with van der Waals surface area (Å²) in [5.41, 5.74) is 3.38. The lowest BCUT2D eigenvalue weighted by Gasteiger charge is -2.22. The van der Waals surface area contributed by atoms with Gasteiger partial charge < -0.3 is 9.64 Å². The van der Waals surface area contributed by atoms with Crippen LogP contribution in [0.25, 0.3) is 0 Å². The lowest BCUT2D eigenvalue weighted by molar-refractivity contribution is -0.143. The van der Waals surface area contributed by atoms with E-state index in [4.69, 9.17) is 4.74 Å². The summed E-state index contributed by atoms with van der Waals surface area (Å²) in [6.07, 6.45) is 0. The molecule has 0 saturated carbocycles. The van der Waals surface area contributed by atoms with E-state index in [2.05, 4.69) is 44.0 Å². The van der Waals surface area contributed by atoms with Crippen molar-refractivity contribution in [1.29, 1.82) is 0 Å². The third-order valence-corrected chi connectivity index (χ3v) is 3.97. The van der Waals surface area contributed by atoms with Crippen molar-refractivity contribution in [3.63, 3.8) is 0 Å². The predicted molar refractivity (Wildman–Crippen MR) is 86.5 cm³/mol. The van der Waals surface area contributed by atoms with Gasteiger partial charge in [-0.2, -0.15) is 0 Å². The average molecular weight is 292 g/mol. The first-order chi connectivity index (χ1) is 10.0. The molecule has 21 heavy (non-hydrogen) atoms. The minimum atomic E-state index is -0.398. The molecule has 0 spiro atoms. The third kappa shape index (κ3) is 5.14. The van der Waals surface area contributed by atoms with Crippen LogP contribution in [0.4, 0.5) is 0 Å². The maximum Gasteiger partial charge on any atom is 0.327 e. The molecule has 1 aromatic carbocycles. The van der Waals surface area contributed by atoms with E-state index in [9.17, 15) is 4.79 Å². The minimum absolute atomic E-state index is 0.238. The van der Waals surface area contributed by atoms with Crippen LogP contribution >= 0.6 is 0 Å². The van der Waals surface area contributed by atoms with Crippen molar-refractivity contribution in [2.45, 2.75) is 33.7 Å². The standard InChI is InChI=1S/C17H28N2O2/c1-6-19(7-2)11-10-18-16(17(20)21-5)15-9-8-13(3)14(4)12-15/h8-9,12,16,18H,6-7,10-11H2,1-5H3. The first kappa shape index (κ1) is 17.7. The highest BCUT2D eigenvalue weighted by molar-refractivity contribution is 5.77. The summed E-state index contributed by atoms with van der Waals surface area (Å²) in [5.74, 6) is -0.238. The minimum Gasteiger partial charge on any atom is -0.468 e. The van der Waals surface area contributed by atoms with Gasteiger partial charge in [0, 0.05) is 13.1 Å². The normalized spacial score (nSPS) is 12.5. The molecule has 0 heterocycles. The molecule has 1 aromatic rings. The Morgan fingerprint density at radius 3 is 2.43 bits per heavy atom. The Balaban J connectivity index is 2.76. The number of ether oxygens (including phenoxy) is 1. The zero-order valence-corrected chi connectivity index (χ0v) is 13.9. The molecule has 0 fully saturated rings. The highest BCUT2D eigenvalue weighted by Crippen LogP contribution is 2.18. The second-order valence-corrected chi connectivity index (χ2v) is 5.28. The number of aryl methyl sites for hydroxylation is 2. The number of nitrogens with one attached hydrogen (secondary N) is 1. The lowest BCUT2D eigenvalue weighted by Crippen LogP contribution is -2.36. The Morgan fingerprint density at radius 2 is 1.90 bits per heavy atom. The van der Waals surface area contributed by atoms with Gasteiger partial charge >= 0.3 is 5.97 Å². The number of hydrogen-bond acceptors (Lipinski definition) is 4. The van der Waals surface area contributed by atoms with Gasteiger partial charge in [-0.3, -0.25) is 5.32 Å². The fourth-order valence-corrected chi connectivity index (χ4v) is 2.31. The van der Waals surface area contributed by atoms with Crippen LogP contribution in [-0.2, 0) is 9.53 Å². The summed E-state index contributed by atoms with van der Waals surface area (Å²) in [4.78, 5) is 14.3. The Hall–Kier alpha value is -1.39. The second kappa shape index (κ2) is 8.80. The fourth-order valence-electron chi connectivity index (χ4n) is 2.31. The molecule has 0 aliphatic rings. The highest BCUT2D eigenvalue weighted by atomic mass is 16.5. The van der Waals surface area contributed by atoms with Crippen LogP contribution in [0.2, 0.25) is 0 Å². The summed E-state index contributed by atoms with van der Waals surface area (Å²) in [6.45, 7) is 12.1. The van der Waals surface area contributed by atoms with Gasteiger partial charge in [0.1, 0.15) is 6.04 Å². The molecule has 0 aliphatic carbocycles. The van der Waals surface area contributed by atoms with E-state index >= 15 is 0 Å². The molecule has 118 valence electrons. The van der Waals surface area contributed by atoms with Gasteiger partial charge in [-0.1, -0.05) is 32.0 Å². The van der Waals surface area contributed by atoms with Gasteiger partial charge in [-0.05, 0) is 43.6 Å². The average Bonchev–Trinajstić information content (AvgIpc) is 2.50. The Labute approximate surface area is 128 Å². The van der Waals surface area contributed by atoms with Crippen LogP contribution in [0.5, 0.6) is 0 Å². The molecule has 0 amide bonds. The van der Waals surface area contributed by atoms with Crippen molar-refractivity contribution in [3.8, 4) is 0 Å². The van der Waals surface area contributed by atoms with Crippen molar-refractivity contribution in [3.05, 3.63) is 34.9 Å². The smallest absolute Gasteiger partial charge is 0.327 e. The van der Waals surface area contributed by atoms with Crippen molar-refractivity contribution >= 4 is 5.97 Å². The van der Waals surface area contributed by atoms with Gasteiger partial charge in [0.2, 0.25) is 0 Å². The molecule has 0 aliphatic heterocycles. The van der Waals surface area contributed by atoms with Crippen LogP contribution in [-0.4, -0.2) is 44.2 Å². The number of methoxy groups -OCH3 is 1. The van der Waals surface area contributed by atoms with Gasteiger partial charge in [0.05, 0.1) is 7.11 Å². The maximum absolute atomic E-state index is 12.0. The van der Waals surface area contributed by atoms with E-state index in [1.807, 2.05) is 12.1 Å². The van der Waals surface area contributed by atoms with Crippen molar-refractivity contribution in [1.82, 2.24) is 10.2 Å². The van der Waals surface area contributed by atoms with E-state index in [0.717, 1.165) is 31.7 Å². The molecular formula is C17H28N2O2. The first-order valence-corrected chi connectivity index (χ1v) is 7.64. The fraction of sp³-hybridized carbons (Fsp3) is 0.588. The SMILES string of the molecule is CCN(CC)CCNC(C(=O)OC)c1ccc(C)c(C)c1. The summed E-state index contributed by atoms with van der Waals surface area (Å²) < 4.78 is 4.93. The molecule has 4 nitrogen and oxygen atoms in total. The van der Waals surface area contributed by atoms with E-state index in [-0.39, 0.29) is 5.97 Å². The third-order valence-electron chi connectivity index (χ3n) is 3.97. The molecule has 4 heteroatoms. The molecule has 0 saturated heterocycles. The van der Waals surface area contributed by atoms with Crippen LogP contribution < -0.4 is 5.32 Å². The zero-order valence-electron chi connectivity index (χ0n) is 13.9. The van der Waals surface area contributed by atoms with Gasteiger partial charge in [-0.15, -0.1) is 0 Å². The summed E-state index contributed by atoms with van der Waals surface area (Å²) in [6, 6.07) is 5.70. The number of nitrogens with zero attached hydrogens (tertiary/aromatic N) is 1. The van der Waals surface area contributed by atoms with E-state index in [0.29, 0.717) is 0 Å². The van der Waals surface area contributed by atoms with E-state index in [1.54, 1.807) is 0 Å². The topological polar surface area (TPSA) is 41.6 Å². The van der Waals surface area contributed by atoms with E-state index in [1.165, 1.54) is 18.2 Å². The summed E-state index contributed by atoms with van der Waals surface area (Å²) >= 11 is 0. The number of carbonyl (C=O) groups excluding carboxylic acids is 1. The molecular weight excluding hydrogens is 264 g/mol. The molecule has 0 radical (unpaired) electrons. The van der Waals surface area contributed by atoms with Crippen LogP contribution in [0.3, 0.4) is 0 Å². The lowest BCUT2D eigenvalue weighted by atomic mass is 10.0. The molecule has 0 bridgehead atoms. The second-order valence-electron chi connectivity index (χ2n) is 5.28. The van der Waals surface area contributed by atoms with Gasteiger partial charge in [-0.25, -0.2) is 4.79 Å². The number of likely N-dealkylation sites (N-methyl/N-ethyl adjacent to an activating group) is 1. The predicted octanol–water partition coefficient (Wildman–Crippen LogP) is 2.45. The molecule has 1 unspecified atom stereocenters. The molecule has 1 rings (SSSR count). The largest absolute Gasteiger partial charge is 0.468 e. The Kier molecular flexibility index (Phi) is 7.40. The summed E-state index contributed by atoms with van der Waals surface area (Å²) in [7, 11) is 1.43. The van der Waals surface area contributed by atoms with Gasteiger partial charge in [0.15, 0.2) is 0 Å². The first-order valence-electron chi connectivity index (χ1n) is 7.64. The Morgan fingerprint density at radius 1 is 1.24 bits per heavy atom. The van der Waals surface area contributed by atoms with Crippen molar-refractivity contribution < 1.29 is 9.53 Å². The number of benzene rings is 1. The number of carbonyl (C=O) groups is 1. The van der Waals surface area contributed by atoms with Crippen LogP contribution in [0.1, 0.15) is 36.6 Å². The molecule has 1 atom stereocenters. The molecule has 1 N–H and O–H groups in total. The highest BCUT2D eigenvalue weighted by Gasteiger charge is 2.21. The van der Waals surface area contributed by atoms with Crippen LogP contribution in [0.15, 0.2) is 18.2 Å². The van der Waals surface area contributed by atoms with Crippen LogP contribution in [0, 0.1) is 13.8 Å². The van der Waals surface area contributed by atoms with Crippen molar-refractivity contribution in [2.24, 2.45) is 0 Å². The van der Waals surface area contributed by atoms with E-state index < -0.39 is 6.04 Å². The Bertz CT molecular complexity index is 456. The summed E-state index contributed by atoms with van der Waals surface area (Å²) in [5, 5.41) is 3.32. The number of hydrogen-bond donors (Lipinski definition) is 1. The zero-order chi connectivity index (χ0) is 15.8. The quantitative estimate of drug-likeness (QED) is 0.747. The monoisotopic (exact) mass is 292 g/mol. The van der Waals surface area contributed by atoms with Crippen molar-refractivity contribution in [2.75, 3.05) is 33.3 Å². The molecule has 0 aromatic heterocycles. The number of rotatable bonds is 8. The van der Waals surface area contributed by atoms with Gasteiger partial charge in [0.25, 0.3) is 0 Å². The maximum atomic E-state index is 12.0. The number of esters is 1.